The Labute approximate surface area is 229 Å². The van der Waals surface area contributed by atoms with Crippen molar-refractivity contribution in [2.24, 2.45) is 0 Å². The second-order valence-corrected chi connectivity index (χ2v) is 11.3. The lowest BCUT2D eigenvalue weighted by atomic mass is 9.69. The molecule has 2 aromatic carbocycles. The van der Waals surface area contributed by atoms with Crippen molar-refractivity contribution in [2.75, 3.05) is 26.7 Å². The normalized spacial score (nSPS) is 24.6. The molecule has 7 heteroatoms. The van der Waals surface area contributed by atoms with Gasteiger partial charge in [0.05, 0.1) is 29.3 Å². The van der Waals surface area contributed by atoms with Crippen LogP contribution in [0, 0.1) is 0 Å². The number of carbonyl (C=O) groups excluding carboxylic acids is 2. The van der Waals surface area contributed by atoms with Crippen molar-refractivity contribution in [2.45, 2.75) is 69.0 Å². The fourth-order valence-corrected chi connectivity index (χ4v) is 6.57. The Morgan fingerprint density at radius 2 is 1.74 bits per heavy atom. The molecule has 39 heavy (non-hydrogen) atoms. The highest BCUT2D eigenvalue weighted by atomic mass is 16.5. The third-order valence-corrected chi connectivity index (χ3v) is 8.67. The van der Waals surface area contributed by atoms with Crippen LogP contribution in [0.25, 0.3) is 0 Å². The molecule has 2 amide bonds. The molecule has 0 radical (unpaired) electrons. The van der Waals surface area contributed by atoms with Crippen LogP contribution in [0.2, 0.25) is 0 Å². The number of unbranched alkanes of at least 4 members (excludes halogenated alkanes) is 5. The summed E-state index contributed by atoms with van der Waals surface area (Å²) >= 11 is 0. The molecule has 1 aliphatic carbocycles. The maximum Gasteiger partial charge on any atom is 0.261 e. The molecule has 0 saturated heterocycles. The molecule has 6 rings (SSSR count). The fraction of sp³-hybridized carbons (Fsp3) is 0.469. The Hall–Kier alpha value is -3.45. The van der Waals surface area contributed by atoms with Crippen LogP contribution in [0.4, 0.5) is 0 Å². The fourth-order valence-electron chi connectivity index (χ4n) is 6.57. The number of aliphatic hydroxyl groups excluding tert-OH is 1. The van der Waals surface area contributed by atoms with E-state index in [1.54, 1.807) is 24.3 Å². The van der Waals surface area contributed by atoms with Crippen LogP contribution in [0.3, 0.4) is 0 Å². The minimum Gasteiger partial charge on any atom is -0.490 e. The zero-order chi connectivity index (χ0) is 27.0. The predicted octanol–water partition coefficient (Wildman–Crippen LogP) is 4.49. The second kappa shape index (κ2) is 10.6. The molecule has 3 heterocycles. The first kappa shape index (κ1) is 25.8. The van der Waals surface area contributed by atoms with Gasteiger partial charge in [0.1, 0.15) is 19.7 Å². The van der Waals surface area contributed by atoms with E-state index in [1.807, 2.05) is 12.1 Å². The van der Waals surface area contributed by atoms with Gasteiger partial charge in [-0.1, -0.05) is 50.0 Å². The van der Waals surface area contributed by atoms with E-state index in [-0.39, 0.29) is 23.3 Å². The van der Waals surface area contributed by atoms with Crippen LogP contribution in [0.15, 0.2) is 48.6 Å². The van der Waals surface area contributed by atoms with E-state index in [2.05, 4.69) is 30.0 Å². The van der Waals surface area contributed by atoms with E-state index in [0.717, 1.165) is 63.0 Å². The van der Waals surface area contributed by atoms with Crippen molar-refractivity contribution in [3.63, 3.8) is 0 Å². The van der Waals surface area contributed by atoms with Gasteiger partial charge in [0, 0.05) is 30.5 Å². The molecule has 0 unspecified atom stereocenters. The Morgan fingerprint density at radius 1 is 1.03 bits per heavy atom. The molecule has 0 bridgehead atoms. The SMILES string of the molecule is C[N+]1=Cc2ccc(OCCCCCCCCN3C(=O)c4ccccc4C3=O)c3c2[C@@]2(C=C[C@H](O)C[C@@H]2O3)CC1. The lowest BCUT2D eigenvalue weighted by Crippen LogP contribution is -2.42. The summed E-state index contributed by atoms with van der Waals surface area (Å²) in [6.07, 6.45) is 13.3. The summed E-state index contributed by atoms with van der Waals surface area (Å²) < 4.78 is 15.0. The molecule has 0 saturated carbocycles. The van der Waals surface area contributed by atoms with Gasteiger partial charge < -0.3 is 14.6 Å². The predicted molar refractivity (Wildman–Crippen MR) is 148 cm³/mol. The smallest absolute Gasteiger partial charge is 0.261 e. The maximum absolute atomic E-state index is 12.5. The summed E-state index contributed by atoms with van der Waals surface area (Å²) in [6.45, 7) is 2.05. The second-order valence-electron chi connectivity index (χ2n) is 11.3. The number of hydrogen-bond donors (Lipinski definition) is 1. The van der Waals surface area contributed by atoms with Gasteiger partial charge in [-0.3, -0.25) is 14.5 Å². The van der Waals surface area contributed by atoms with Crippen molar-refractivity contribution in [1.29, 1.82) is 0 Å². The third-order valence-electron chi connectivity index (χ3n) is 8.67. The van der Waals surface area contributed by atoms with Crippen molar-refractivity contribution < 1.29 is 28.7 Å². The lowest BCUT2D eigenvalue weighted by molar-refractivity contribution is -0.493. The molecule has 2 aromatic rings. The minimum atomic E-state index is -0.472. The largest absolute Gasteiger partial charge is 0.490 e. The molecular weight excluding hydrogens is 492 g/mol. The zero-order valence-corrected chi connectivity index (χ0v) is 22.6. The number of ether oxygens (including phenoxy) is 2. The van der Waals surface area contributed by atoms with Crippen LogP contribution in [-0.4, -0.2) is 71.6 Å². The van der Waals surface area contributed by atoms with Crippen molar-refractivity contribution >= 4 is 18.0 Å². The number of nitrogens with zero attached hydrogens (tertiary/aromatic N) is 2. The Morgan fingerprint density at radius 3 is 2.51 bits per heavy atom. The summed E-state index contributed by atoms with van der Waals surface area (Å²) in [4.78, 5) is 26.3. The van der Waals surface area contributed by atoms with Crippen LogP contribution in [0.1, 0.15) is 83.2 Å². The number of amides is 2. The number of fused-ring (bicyclic) bond motifs is 1. The van der Waals surface area contributed by atoms with Gasteiger partial charge in [0.2, 0.25) is 0 Å². The van der Waals surface area contributed by atoms with Gasteiger partial charge in [-0.15, -0.1) is 0 Å². The van der Waals surface area contributed by atoms with Crippen LogP contribution in [0.5, 0.6) is 11.5 Å². The Bertz CT molecular complexity index is 1310. The Balaban J connectivity index is 0.967. The van der Waals surface area contributed by atoms with Gasteiger partial charge in [0.15, 0.2) is 17.7 Å². The third kappa shape index (κ3) is 4.67. The number of hydrogen-bond acceptors (Lipinski definition) is 5. The first-order chi connectivity index (χ1) is 19.0. The number of aliphatic hydroxyl groups is 1. The molecule has 0 aromatic heterocycles. The summed E-state index contributed by atoms with van der Waals surface area (Å²) in [5, 5.41) is 10.3. The van der Waals surface area contributed by atoms with Crippen LogP contribution < -0.4 is 9.47 Å². The van der Waals surface area contributed by atoms with E-state index in [4.69, 9.17) is 9.47 Å². The minimum absolute atomic E-state index is 0.0730. The molecule has 1 spiro atoms. The summed E-state index contributed by atoms with van der Waals surface area (Å²) in [5.74, 6) is 1.31. The van der Waals surface area contributed by atoms with Crippen molar-refractivity contribution in [1.82, 2.24) is 4.90 Å². The van der Waals surface area contributed by atoms with Gasteiger partial charge in [-0.05, 0) is 37.1 Å². The molecule has 3 aliphatic heterocycles. The first-order valence-electron chi connectivity index (χ1n) is 14.3. The molecular formula is C32H37N2O5+. The molecule has 0 fully saturated rings. The lowest BCUT2D eigenvalue weighted by Gasteiger charge is -2.34. The molecule has 7 nitrogen and oxygen atoms in total. The van der Waals surface area contributed by atoms with Gasteiger partial charge in [-0.25, -0.2) is 4.58 Å². The van der Waals surface area contributed by atoms with Gasteiger partial charge in [-0.2, -0.15) is 0 Å². The van der Waals surface area contributed by atoms with E-state index in [1.165, 1.54) is 16.0 Å². The van der Waals surface area contributed by atoms with Crippen molar-refractivity contribution in [3.05, 3.63) is 70.8 Å². The van der Waals surface area contributed by atoms with Gasteiger partial charge in [0.25, 0.3) is 11.8 Å². The van der Waals surface area contributed by atoms with Crippen molar-refractivity contribution in [3.8, 4) is 11.5 Å². The number of carbonyl (C=O) groups is 2. The monoisotopic (exact) mass is 529 g/mol. The number of rotatable bonds is 10. The van der Waals surface area contributed by atoms with E-state index in [0.29, 0.717) is 30.7 Å². The number of imide groups is 1. The topological polar surface area (TPSA) is 79.1 Å². The highest BCUT2D eigenvalue weighted by Crippen LogP contribution is 2.54. The summed E-state index contributed by atoms with van der Waals surface area (Å²) in [6, 6.07) is 11.2. The van der Waals surface area contributed by atoms with E-state index < -0.39 is 6.10 Å². The summed E-state index contributed by atoms with van der Waals surface area (Å²) in [7, 11) is 2.11. The average molecular weight is 530 g/mol. The maximum atomic E-state index is 12.5. The highest BCUT2D eigenvalue weighted by molar-refractivity contribution is 6.21. The van der Waals surface area contributed by atoms with Crippen LogP contribution >= 0.6 is 0 Å². The quantitative estimate of drug-likeness (QED) is 0.212. The standard InChI is InChI=1S/C32H37N2O5/c1-33-18-16-32-15-14-23(35)20-27(32)39-29-26(13-12-22(21-33)28(29)32)38-19-9-5-3-2-4-8-17-34-30(36)24-10-6-7-11-25(24)31(34)37/h6-7,10-15,21,23,27,35H,2-5,8-9,16-20H2,1H3/q+1/t23-,27-,32-/m0/s1. The Kier molecular flexibility index (Phi) is 7.02. The number of benzene rings is 2. The first-order valence-corrected chi connectivity index (χ1v) is 14.3. The molecule has 4 aliphatic rings. The molecule has 1 N–H and O–H groups in total. The van der Waals surface area contributed by atoms with Crippen LogP contribution in [-0.2, 0) is 5.41 Å². The van der Waals surface area contributed by atoms with E-state index >= 15 is 0 Å². The highest BCUT2D eigenvalue weighted by Gasteiger charge is 2.53. The van der Waals surface area contributed by atoms with Gasteiger partial charge >= 0.3 is 0 Å². The van der Waals surface area contributed by atoms with E-state index in [9.17, 15) is 14.7 Å². The molecule has 3 atom stereocenters. The summed E-state index contributed by atoms with van der Waals surface area (Å²) in [5.41, 5.74) is 3.21. The average Bonchev–Trinajstić information content (AvgIpc) is 3.33. The molecule has 204 valence electrons. The zero-order valence-electron chi connectivity index (χ0n) is 22.6.